The van der Waals surface area contributed by atoms with Crippen LogP contribution in [0.15, 0.2) is 23.1 Å². The highest BCUT2D eigenvalue weighted by Crippen LogP contribution is 1.98. The van der Waals surface area contributed by atoms with Crippen molar-refractivity contribution in [2.45, 2.75) is 26.3 Å². The van der Waals surface area contributed by atoms with Crippen molar-refractivity contribution >= 4 is 5.69 Å². The molecule has 0 radical (unpaired) electrons. The summed E-state index contributed by atoms with van der Waals surface area (Å²) in [5.41, 5.74) is 6.30. The summed E-state index contributed by atoms with van der Waals surface area (Å²) in [6.45, 7) is 5.01. The van der Waals surface area contributed by atoms with Crippen LogP contribution in [0, 0.1) is 0 Å². The number of hydrogen-bond donors (Lipinski definition) is 1. The van der Waals surface area contributed by atoms with E-state index < -0.39 is 0 Å². The van der Waals surface area contributed by atoms with E-state index in [1.165, 1.54) is 6.07 Å². The van der Waals surface area contributed by atoms with Crippen LogP contribution in [0.25, 0.3) is 0 Å². The summed E-state index contributed by atoms with van der Waals surface area (Å²) in [4.78, 5) is 13.7. The Balaban J connectivity index is 2.43. The van der Waals surface area contributed by atoms with Gasteiger partial charge < -0.3 is 15.2 Å². The van der Waals surface area contributed by atoms with Crippen LogP contribution >= 0.6 is 0 Å². The van der Waals surface area contributed by atoms with Crippen molar-refractivity contribution in [3.63, 3.8) is 0 Å². The van der Waals surface area contributed by atoms with Gasteiger partial charge in [-0.25, -0.2) is 0 Å². The van der Waals surface area contributed by atoms with E-state index in [-0.39, 0.29) is 5.56 Å². The molecule has 4 heteroatoms. The quantitative estimate of drug-likeness (QED) is 0.787. The minimum Gasteiger partial charge on any atom is -0.398 e. The third kappa shape index (κ3) is 4.06. The molecule has 0 unspecified atom stereocenters. The van der Waals surface area contributed by atoms with E-state index in [2.05, 4.69) is 18.9 Å². The van der Waals surface area contributed by atoms with Crippen LogP contribution in [-0.4, -0.2) is 29.6 Å². The first-order valence-electron chi connectivity index (χ1n) is 5.78. The van der Waals surface area contributed by atoms with Gasteiger partial charge in [0.25, 0.3) is 5.56 Å². The molecule has 1 heterocycles. The number of nitrogen functional groups attached to an aromatic ring is 1. The fourth-order valence-corrected chi connectivity index (χ4v) is 1.73. The maximum Gasteiger partial charge on any atom is 0.250 e. The molecule has 0 atom stereocenters. The standard InChI is InChI=1S/C12H21N3O/c1-3-7-14(2)8-4-9-15-10-11(13)5-6-12(15)16/h5-6,10H,3-4,7-9,13H2,1-2H3. The van der Waals surface area contributed by atoms with Gasteiger partial charge in [-0.3, -0.25) is 4.79 Å². The van der Waals surface area contributed by atoms with Crippen molar-refractivity contribution in [1.82, 2.24) is 9.47 Å². The SMILES string of the molecule is CCCN(C)CCCn1cc(N)ccc1=O. The summed E-state index contributed by atoms with van der Waals surface area (Å²) in [6, 6.07) is 3.16. The fraction of sp³-hybridized carbons (Fsp3) is 0.583. The molecule has 0 fully saturated rings. The molecule has 2 N–H and O–H groups in total. The number of pyridine rings is 1. The van der Waals surface area contributed by atoms with E-state index >= 15 is 0 Å². The molecule has 0 aliphatic heterocycles. The zero-order valence-corrected chi connectivity index (χ0v) is 10.1. The lowest BCUT2D eigenvalue weighted by Crippen LogP contribution is -2.24. The van der Waals surface area contributed by atoms with Gasteiger partial charge in [0, 0.05) is 24.5 Å². The lowest BCUT2D eigenvalue weighted by molar-refractivity contribution is 0.321. The first-order valence-corrected chi connectivity index (χ1v) is 5.78. The van der Waals surface area contributed by atoms with Crippen LogP contribution in [0.3, 0.4) is 0 Å². The number of nitrogens with two attached hydrogens (primary N) is 1. The van der Waals surface area contributed by atoms with Crippen molar-refractivity contribution < 1.29 is 0 Å². The maximum absolute atomic E-state index is 11.5. The molecule has 4 nitrogen and oxygen atoms in total. The molecule has 1 aromatic heterocycles. The van der Waals surface area contributed by atoms with Crippen molar-refractivity contribution in [3.8, 4) is 0 Å². The Morgan fingerprint density at radius 1 is 1.38 bits per heavy atom. The van der Waals surface area contributed by atoms with Gasteiger partial charge in [-0.2, -0.15) is 0 Å². The smallest absolute Gasteiger partial charge is 0.250 e. The predicted octanol–water partition coefficient (Wildman–Crippen LogP) is 1.16. The van der Waals surface area contributed by atoms with Crippen molar-refractivity contribution in [2.24, 2.45) is 0 Å². The molecule has 0 saturated heterocycles. The average Bonchev–Trinajstić information content (AvgIpc) is 2.23. The zero-order chi connectivity index (χ0) is 12.0. The predicted molar refractivity (Wildman–Crippen MR) is 67.5 cm³/mol. The van der Waals surface area contributed by atoms with Gasteiger partial charge in [0.1, 0.15) is 0 Å². The summed E-state index contributed by atoms with van der Waals surface area (Å²) >= 11 is 0. The molecule has 0 spiro atoms. The third-order valence-corrected chi connectivity index (χ3v) is 2.55. The molecule has 90 valence electrons. The first kappa shape index (κ1) is 12.8. The van der Waals surface area contributed by atoms with Crippen molar-refractivity contribution in [2.75, 3.05) is 25.9 Å². The summed E-state index contributed by atoms with van der Waals surface area (Å²) < 4.78 is 1.68. The highest BCUT2D eigenvalue weighted by molar-refractivity contribution is 5.33. The normalized spacial score (nSPS) is 10.9. The fourth-order valence-electron chi connectivity index (χ4n) is 1.73. The summed E-state index contributed by atoms with van der Waals surface area (Å²) in [5, 5.41) is 0. The van der Waals surface area contributed by atoms with Gasteiger partial charge in [-0.05, 0) is 39.0 Å². The van der Waals surface area contributed by atoms with Gasteiger partial charge >= 0.3 is 0 Å². The van der Waals surface area contributed by atoms with E-state index in [4.69, 9.17) is 5.73 Å². The van der Waals surface area contributed by atoms with E-state index in [1.54, 1.807) is 16.8 Å². The van der Waals surface area contributed by atoms with Gasteiger partial charge in [-0.15, -0.1) is 0 Å². The number of aryl methyl sites for hydroxylation is 1. The van der Waals surface area contributed by atoms with Crippen molar-refractivity contribution in [3.05, 3.63) is 28.7 Å². The largest absolute Gasteiger partial charge is 0.398 e. The van der Waals surface area contributed by atoms with E-state index in [0.29, 0.717) is 5.69 Å². The minimum atomic E-state index is 0.0207. The zero-order valence-electron chi connectivity index (χ0n) is 10.1. The molecular formula is C12H21N3O. The molecule has 0 aliphatic carbocycles. The highest BCUT2D eigenvalue weighted by Gasteiger charge is 1.99. The maximum atomic E-state index is 11.5. The Morgan fingerprint density at radius 2 is 2.12 bits per heavy atom. The number of hydrogen-bond acceptors (Lipinski definition) is 3. The molecule has 1 aromatic rings. The topological polar surface area (TPSA) is 51.3 Å². The number of anilines is 1. The summed E-state index contributed by atoms with van der Waals surface area (Å²) in [6.07, 6.45) is 3.84. The Kier molecular flexibility index (Phi) is 5.05. The molecule has 1 rings (SSSR count). The van der Waals surface area contributed by atoms with Crippen LogP contribution < -0.4 is 11.3 Å². The van der Waals surface area contributed by atoms with Crippen molar-refractivity contribution in [1.29, 1.82) is 0 Å². The summed E-state index contributed by atoms with van der Waals surface area (Å²) in [5.74, 6) is 0. The van der Waals surface area contributed by atoms with Gasteiger partial charge in [-0.1, -0.05) is 6.92 Å². The first-order chi connectivity index (χ1) is 7.63. The van der Waals surface area contributed by atoms with E-state index in [9.17, 15) is 4.79 Å². The minimum absolute atomic E-state index is 0.0207. The lowest BCUT2D eigenvalue weighted by Gasteiger charge is -2.15. The lowest BCUT2D eigenvalue weighted by atomic mass is 10.3. The molecule has 0 saturated carbocycles. The van der Waals surface area contributed by atoms with Crippen LogP contribution in [0.2, 0.25) is 0 Å². The third-order valence-electron chi connectivity index (χ3n) is 2.55. The highest BCUT2D eigenvalue weighted by atomic mass is 16.1. The van der Waals surface area contributed by atoms with Crippen LogP contribution in [0.5, 0.6) is 0 Å². The van der Waals surface area contributed by atoms with Crippen LogP contribution in [0.4, 0.5) is 5.69 Å². The second kappa shape index (κ2) is 6.33. The second-order valence-corrected chi connectivity index (χ2v) is 4.15. The molecule has 0 bridgehead atoms. The van der Waals surface area contributed by atoms with Gasteiger partial charge in [0.15, 0.2) is 0 Å². The van der Waals surface area contributed by atoms with E-state index in [0.717, 1.165) is 32.5 Å². The monoisotopic (exact) mass is 223 g/mol. The Morgan fingerprint density at radius 3 is 2.81 bits per heavy atom. The van der Waals surface area contributed by atoms with Gasteiger partial charge in [0.05, 0.1) is 0 Å². The Labute approximate surface area is 96.7 Å². The Hall–Kier alpha value is -1.29. The molecule has 0 aliphatic rings. The molecule has 0 aromatic carbocycles. The number of nitrogens with zero attached hydrogens (tertiary/aromatic N) is 2. The summed E-state index contributed by atoms with van der Waals surface area (Å²) in [7, 11) is 2.10. The molecular weight excluding hydrogens is 202 g/mol. The van der Waals surface area contributed by atoms with Crippen LogP contribution in [0.1, 0.15) is 19.8 Å². The number of aromatic nitrogens is 1. The Bertz CT molecular complexity index is 373. The molecule has 0 amide bonds. The molecule has 16 heavy (non-hydrogen) atoms. The second-order valence-electron chi connectivity index (χ2n) is 4.15. The number of rotatable bonds is 6. The average molecular weight is 223 g/mol. The van der Waals surface area contributed by atoms with E-state index in [1.807, 2.05) is 0 Å². The van der Waals surface area contributed by atoms with Crippen LogP contribution in [-0.2, 0) is 6.54 Å². The van der Waals surface area contributed by atoms with Gasteiger partial charge in [0.2, 0.25) is 0 Å².